The van der Waals surface area contributed by atoms with E-state index < -0.39 is 5.97 Å². The number of hydrogen-bond acceptors (Lipinski definition) is 4. The Morgan fingerprint density at radius 1 is 0.975 bits per heavy atom. The van der Waals surface area contributed by atoms with Crippen molar-refractivity contribution in [1.29, 1.82) is 0 Å². The summed E-state index contributed by atoms with van der Waals surface area (Å²) in [5.74, 6) is -1.32. The first-order valence-corrected chi connectivity index (χ1v) is 14.7. The molecule has 3 rings (SSSR count). The van der Waals surface area contributed by atoms with Gasteiger partial charge in [-0.3, -0.25) is 4.79 Å². The molecule has 218 valence electrons. The van der Waals surface area contributed by atoms with Gasteiger partial charge in [0.05, 0.1) is 11.3 Å². The third-order valence-electron chi connectivity index (χ3n) is 7.40. The normalized spacial score (nSPS) is 15.4. The van der Waals surface area contributed by atoms with Crippen molar-refractivity contribution in [3.8, 4) is 0 Å². The van der Waals surface area contributed by atoms with Gasteiger partial charge in [0.2, 0.25) is 0 Å². The molecule has 4 N–H and O–H groups in total. The fourth-order valence-corrected chi connectivity index (χ4v) is 4.96. The van der Waals surface area contributed by atoms with E-state index >= 15 is 0 Å². The average molecular weight is 551 g/mol. The molecule has 1 fully saturated rings. The van der Waals surface area contributed by atoms with Crippen molar-refractivity contribution in [3.63, 3.8) is 0 Å². The van der Waals surface area contributed by atoms with Crippen LogP contribution in [0.3, 0.4) is 0 Å². The van der Waals surface area contributed by atoms with Gasteiger partial charge in [0.1, 0.15) is 0 Å². The molecule has 40 heavy (non-hydrogen) atoms. The number of nitrogens with one attached hydrogen (secondary N) is 3. The fraction of sp³-hybridized carbons (Fsp3) is 0.531. The number of anilines is 2. The second-order valence-corrected chi connectivity index (χ2v) is 11.8. The van der Waals surface area contributed by atoms with Gasteiger partial charge in [-0.25, -0.2) is 9.59 Å². The maximum Gasteiger partial charge on any atom is 0.337 e. The van der Waals surface area contributed by atoms with E-state index in [1.54, 1.807) is 29.2 Å². The van der Waals surface area contributed by atoms with Crippen molar-refractivity contribution >= 4 is 29.3 Å². The van der Waals surface area contributed by atoms with E-state index in [0.717, 1.165) is 31.2 Å². The molecule has 1 unspecified atom stereocenters. The van der Waals surface area contributed by atoms with Crippen LogP contribution in [-0.4, -0.2) is 53.6 Å². The summed E-state index contributed by atoms with van der Waals surface area (Å²) in [7, 11) is 0. The minimum absolute atomic E-state index is 0.00843. The van der Waals surface area contributed by atoms with Crippen molar-refractivity contribution in [2.24, 2.45) is 0 Å². The second-order valence-electron chi connectivity index (χ2n) is 11.8. The number of nitrogens with zero attached hydrogens (tertiary/aromatic N) is 1. The summed E-state index contributed by atoms with van der Waals surface area (Å²) in [5.41, 5.74) is 2.70. The summed E-state index contributed by atoms with van der Waals surface area (Å²) >= 11 is 0. The molecular weight excluding hydrogens is 504 g/mol. The zero-order valence-electron chi connectivity index (χ0n) is 24.5. The lowest BCUT2D eigenvalue weighted by Crippen LogP contribution is -2.49. The first-order valence-electron chi connectivity index (χ1n) is 14.7. The van der Waals surface area contributed by atoms with Crippen molar-refractivity contribution in [2.45, 2.75) is 90.5 Å². The number of carbonyl (C=O) groups is 3. The van der Waals surface area contributed by atoms with E-state index in [-0.39, 0.29) is 29.0 Å². The number of unbranched alkanes of at least 4 members (excludes halogenated alkanes) is 5. The van der Waals surface area contributed by atoms with Crippen LogP contribution in [-0.2, 0) is 5.41 Å². The number of aromatic carboxylic acids is 1. The first kappa shape index (κ1) is 31.0. The van der Waals surface area contributed by atoms with Gasteiger partial charge in [-0.05, 0) is 60.6 Å². The molecule has 1 aliphatic heterocycles. The van der Waals surface area contributed by atoms with Crippen molar-refractivity contribution in [1.82, 2.24) is 10.2 Å². The van der Waals surface area contributed by atoms with Crippen LogP contribution >= 0.6 is 0 Å². The van der Waals surface area contributed by atoms with E-state index in [1.807, 2.05) is 12.1 Å². The van der Waals surface area contributed by atoms with Crippen molar-refractivity contribution < 1.29 is 19.5 Å². The number of rotatable bonds is 12. The number of likely N-dealkylation sites (tertiary alicyclic amines) is 1. The average Bonchev–Trinajstić information content (AvgIpc) is 2.92. The highest BCUT2D eigenvalue weighted by Gasteiger charge is 2.25. The van der Waals surface area contributed by atoms with E-state index in [0.29, 0.717) is 36.6 Å². The third-order valence-corrected chi connectivity index (χ3v) is 7.40. The molecule has 0 spiro atoms. The predicted molar refractivity (Wildman–Crippen MR) is 161 cm³/mol. The third kappa shape index (κ3) is 9.28. The van der Waals surface area contributed by atoms with Crippen LogP contribution in [0.15, 0.2) is 42.5 Å². The van der Waals surface area contributed by atoms with Gasteiger partial charge >= 0.3 is 12.0 Å². The number of piperidine rings is 1. The van der Waals surface area contributed by atoms with E-state index in [4.69, 9.17) is 0 Å². The summed E-state index contributed by atoms with van der Waals surface area (Å²) in [6.45, 7) is 10.4. The quantitative estimate of drug-likeness (QED) is 0.215. The van der Waals surface area contributed by atoms with Crippen LogP contribution < -0.4 is 16.0 Å². The Kier molecular flexibility index (Phi) is 11.4. The molecule has 0 saturated carbocycles. The van der Waals surface area contributed by atoms with Gasteiger partial charge in [0.15, 0.2) is 0 Å². The molecule has 1 saturated heterocycles. The number of benzene rings is 2. The zero-order valence-corrected chi connectivity index (χ0v) is 24.5. The van der Waals surface area contributed by atoms with Gasteiger partial charge in [-0.1, -0.05) is 71.9 Å². The molecule has 1 heterocycles. The van der Waals surface area contributed by atoms with E-state index in [2.05, 4.69) is 43.6 Å². The van der Waals surface area contributed by atoms with Gasteiger partial charge in [0, 0.05) is 36.9 Å². The number of carboxylic acid groups (broad SMARTS) is 1. The summed E-state index contributed by atoms with van der Waals surface area (Å²) in [4.78, 5) is 39.4. The smallest absolute Gasteiger partial charge is 0.337 e. The molecule has 2 aromatic carbocycles. The van der Waals surface area contributed by atoms with E-state index in [1.165, 1.54) is 31.7 Å². The van der Waals surface area contributed by atoms with Gasteiger partial charge < -0.3 is 26.0 Å². The summed E-state index contributed by atoms with van der Waals surface area (Å²) in [6.07, 6.45) is 8.68. The van der Waals surface area contributed by atoms with Crippen LogP contribution in [0.2, 0.25) is 0 Å². The van der Waals surface area contributed by atoms with Crippen LogP contribution in [0.5, 0.6) is 0 Å². The second kappa shape index (κ2) is 14.7. The zero-order chi connectivity index (χ0) is 29.1. The molecule has 8 nitrogen and oxygen atoms in total. The maximum absolute atomic E-state index is 12.9. The topological polar surface area (TPSA) is 111 Å². The highest BCUT2D eigenvalue weighted by molar-refractivity contribution is 6.05. The highest BCUT2D eigenvalue weighted by Crippen LogP contribution is 2.26. The molecule has 8 heteroatoms. The van der Waals surface area contributed by atoms with Crippen molar-refractivity contribution in [3.05, 3.63) is 59.2 Å². The Morgan fingerprint density at radius 3 is 2.35 bits per heavy atom. The van der Waals surface area contributed by atoms with Crippen LogP contribution in [0.4, 0.5) is 16.2 Å². The Balaban J connectivity index is 1.59. The molecule has 0 radical (unpaired) electrons. The number of hydrogen-bond donors (Lipinski definition) is 4. The Hall–Kier alpha value is -3.55. The summed E-state index contributed by atoms with van der Waals surface area (Å²) < 4.78 is 0. The molecule has 1 atom stereocenters. The first-order chi connectivity index (χ1) is 19.1. The summed E-state index contributed by atoms with van der Waals surface area (Å²) in [5, 5.41) is 19.0. The highest BCUT2D eigenvalue weighted by atomic mass is 16.4. The fourth-order valence-electron chi connectivity index (χ4n) is 4.96. The van der Waals surface area contributed by atoms with Gasteiger partial charge in [0.25, 0.3) is 5.91 Å². The van der Waals surface area contributed by atoms with E-state index in [9.17, 15) is 19.5 Å². The number of urea groups is 1. The van der Waals surface area contributed by atoms with Crippen LogP contribution in [0.1, 0.15) is 105 Å². The Bertz CT molecular complexity index is 1140. The molecule has 0 aromatic heterocycles. The molecule has 1 aliphatic rings. The summed E-state index contributed by atoms with van der Waals surface area (Å²) in [6, 6.07) is 12.1. The SMILES string of the molecule is CCCCCCCCNC(=O)N1CCCC(Nc2cc(NC(=O)c3ccc(C(C)(C)C)cc3)ccc2C(=O)O)C1. The Morgan fingerprint density at radius 2 is 1.68 bits per heavy atom. The molecule has 0 aliphatic carbocycles. The number of carbonyl (C=O) groups excluding carboxylic acids is 2. The minimum Gasteiger partial charge on any atom is -0.478 e. The maximum atomic E-state index is 12.9. The van der Waals surface area contributed by atoms with Crippen molar-refractivity contribution in [2.75, 3.05) is 30.3 Å². The predicted octanol–water partition coefficient (Wildman–Crippen LogP) is 6.88. The van der Waals surface area contributed by atoms with Gasteiger partial charge in [-0.2, -0.15) is 0 Å². The monoisotopic (exact) mass is 550 g/mol. The lowest BCUT2D eigenvalue weighted by Gasteiger charge is -2.34. The standard InChI is InChI=1S/C32H46N4O4/c1-5-6-7-8-9-10-19-33-31(40)36-20-11-12-26(22-36)34-28-21-25(17-18-27(28)30(38)39)35-29(37)23-13-15-24(16-14-23)32(2,3)4/h13-18,21,26,34H,5-12,19-20,22H2,1-4H3,(H,33,40)(H,35,37)(H,38,39). The minimum atomic E-state index is -1.05. The number of carboxylic acids is 1. The number of amides is 3. The lowest BCUT2D eigenvalue weighted by molar-refractivity contribution is 0.0697. The van der Waals surface area contributed by atoms with Crippen LogP contribution in [0, 0.1) is 0 Å². The molecule has 3 amide bonds. The van der Waals surface area contributed by atoms with Crippen LogP contribution in [0.25, 0.3) is 0 Å². The molecule has 0 bridgehead atoms. The Labute approximate surface area is 238 Å². The lowest BCUT2D eigenvalue weighted by atomic mass is 9.87. The molecular formula is C32H46N4O4. The largest absolute Gasteiger partial charge is 0.478 e. The van der Waals surface area contributed by atoms with Gasteiger partial charge in [-0.15, -0.1) is 0 Å². The molecule has 2 aromatic rings.